The molecular weight excluding hydrogens is 358 g/mol. The largest absolute Gasteiger partial charge is 0.461 e. The Morgan fingerprint density at radius 1 is 1.21 bits per heavy atom. The summed E-state index contributed by atoms with van der Waals surface area (Å²) in [6.07, 6.45) is 3.19. The monoisotopic (exact) mass is 387 g/mol. The van der Waals surface area contributed by atoms with Crippen molar-refractivity contribution in [1.29, 1.82) is 0 Å². The van der Waals surface area contributed by atoms with Gasteiger partial charge in [-0.15, -0.1) is 0 Å². The standard InChI is InChI=1S/C21H29N3O4/c1-3-13-28-17-11-8-12-23(15-17)20(25)19-14-18(21(26)27-4-2)22-24(19)16-9-6-5-7-10-16/h5-7,9-10,17,19H,3-4,8,11-15H2,1-2H3. The zero-order valence-electron chi connectivity index (χ0n) is 16.7. The fraction of sp³-hybridized carbons (Fsp3) is 0.571. The van der Waals surface area contributed by atoms with Crippen molar-refractivity contribution >= 4 is 23.3 Å². The van der Waals surface area contributed by atoms with Gasteiger partial charge in [0, 0.05) is 26.1 Å². The number of hydrogen-bond donors (Lipinski definition) is 0. The molecule has 2 aliphatic heterocycles. The van der Waals surface area contributed by atoms with Crippen molar-refractivity contribution in [2.24, 2.45) is 5.10 Å². The van der Waals surface area contributed by atoms with Crippen LogP contribution in [-0.2, 0) is 19.1 Å². The molecule has 7 heteroatoms. The normalized spacial score (nSPS) is 22.1. The number of amides is 1. The topological polar surface area (TPSA) is 71.4 Å². The van der Waals surface area contributed by atoms with Crippen LogP contribution in [0.2, 0.25) is 0 Å². The van der Waals surface area contributed by atoms with Crippen LogP contribution in [0.1, 0.15) is 39.5 Å². The number of nitrogens with zero attached hydrogens (tertiary/aromatic N) is 3. The lowest BCUT2D eigenvalue weighted by Crippen LogP contribution is -2.50. The summed E-state index contributed by atoms with van der Waals surface area (Å²) in [6, 6.07) is 8.94. The number of para-hydroxylation sites is 1. The minimum atomic E-state index is -0.535. The molecule has 28 heavy (non-hydrogen) atoms. The summed E-state index contributed by atoms with van der Waals surface area (Å²) < 4.78 is 11.0. The predicted molar refractivity (Wildman–Crippen MR) is 107 cm³/mol. The molecule has 0 N–H and O–H groups in total. The van der Waals surface area contributed by atoms with Crippen molar-refractivity contribution in [1.82, 2.24) is 4.90 Å². The van der Waals surface area contributed by atoms with E-state index in [1.807, 2.05) is 35.2 Å². The molecule has 0 radical (unpaired) electrons. The van der Waals surface area contributed by atoms with Gasteiger partial charge in [0.05, 0.1) is 18.4 Å². The van der Waals surface area contributed by atoms with Gasteiger partial charge in [-0.25, -0.2) is 4.79 Å². The molecule has 7 nitrogen and oxygen atoms in total. The van der Waals surface area contributed by atoms with Gasteiger partial charge in [-0.1, -0.05) is 25.1 Å². The maximum absolute atomic E-state index is 13.3. The van der Waals surface area contributed by atoms with Crippen molar-refractivity contribution in [3.05, 3.63) is 30.3 Å². The average molecular weight is 387 g/mol. The average Bonchev–Trinajstić information content (AvgIpc) is 3.18. The van der Waals surface area contributed by atoms with Crippen LogP contribution in [0, 0.1) is 0 Å². The number of ether oxygens (including phenoxy) is 2. The third kappa shape index (κ3) is 4.70. The van der Waals surface area contributed by atoms with E-state index in [1.165, 1.54) is 0 Å². The molecular formula is C21H29N3O4. The summed E-state index contributed by atoms with van der Waals surface area (Å²) in [5.41, 5.74) is 1.08. The fourth-order valence-corrected chi connectivity index (χ4v) is 3.63. The van der Waals surface area contributed by atoms with Crippen LogP contribution < -0.4 is 5.01 Å². The molecule has 0 saturated carbocycles. The summed E-state index contributed by atoms with van der Waals surface area (Å²) in [7, 11) is 0. The van der Waals surface area contributed by atoms with Crippen molar-refractivity contribution in [2.45, 2.75) is 51.7 Å². The Balaban J connectivity index is 1.76. The maximum Gasteiger partial charge on any atom is 0.354 e. The first kappa shape index (κ1) is 20.3. The molecule has 3 rings (SSSR count). The number of piperidine rings is 1. The number of benzene rings is 1. The molecule has 1 saturated heterocycles. The third-order valence-corrected chi connectivity index (χ3v) is 4.97. The first-order chi connectivity index (χ1) is 13.6. The zero-order chi connectivity index (χ0) is 19.9. The summed E-state index contributed by atoms with van der Waals surface area (Å²) in [5, 5.41) is 6.10. The summed E-state index contributed by atoms with van der Waals surface area (Å²) >= 11 is 0. The zero-order valence-corrected chi connectivity index (χ0v) is 16.7. The maximum atomic E-state index is 13.3. The number of rotatable bonds is 7. The summed E-state index contributed by atoms with van der Waals surface area (Å²) in [6.45, 7) is 6.13. The van der Waals surface area contributed by atoms with Crippen molar-refractivity contribution in [3.8, 4) is 0 Å². The molecule has 1 aromatic carbocycles. The van der Waals surface area contributed by atoms with Gasteiger partial charge in [-0.3, -0.25) is 9.80 Å². The molecule has 0 aromatic heterocycles. The molecule has 1 fully saturated rings. The Morgan fingerprint density at radius 2 is 2.00 bits per heavy atom. The van der Waals surface area contributed by atoms with Crippen LogP contribution in [0.15, 0.2) is 35.4 Å². The highest BCUT2D eigenvalue weighted by Gasteiger charge is 2.40. The Bertz CT molecular complexity index is 707. The Hall–Kier alpha value is -2.41. The lowest BCUT2D eigenvalue weighted by molar-refractivity contribution is -0.136. The van der Waals surface area contributed by atoms with Crippen LogP contribution in [0.3, 0.4) is 0 Å². The minimum Gasteiger partial charge on any atom is -0.461 e. The van der Waals surface area contributed by atoms with Crippen LogP contribution in [-0.4, -0.2) is 60.9 Å². The number of carbonyl (C=O) groups excluding carboxylic acids is 2. The predicted octanol–water partition coefficient (Wildman–Crippen LogP) is 2.60. The van der Waals surface area contributed by atoms with E-state index in [0.29, 0.717) is 25.4 Å². The van der Waals surface area contributed by atoms with Crippen LogP contribution >= 0.6 is 0 Å². The molecule has 0 spiro atoms. The van der Waals surface area contributed by atoms with E-state index < -0.39 is 12.0 Å². The van der Waals surface area contributed by atoms with Gasteiger partial charge in [0.1, 0.15) is 11.8 Å². The van der Waals surface area contributed by atoms with Crippen molar-refractivity contribution < 1.29 is 19.1 Å². The van der Waals surface area contributed by atoms with E-state index in [2.05, 4.69) is 12.0 Å². The second-order valence-corrected chi connectivity index (χ2v) is 7.09. The van der Waals surface area contributed by atoms with Gasteiger partial charge in [0.2, 0.25) is 5.91 Å². The van der Waals surface area contributed by atoms with E-state index in [9.17, 15) is 9.59 Å². The van der Waals surface area contributed by atoms with E-state index in [4.69, 9.17) is 9.47 Å². The number of hydrazone groups is 1. The van der Waals surface area contributed by atoms with Crippen LogP contribution in [0.4, 0.5) is 5.69 Å². The first-order valence-corrected chi connectivity index (χ1v) is 10.1. The van der Waals surface area contributed by atoms with Gasteiger partial charge in [-0.2, -0.15) is 5.10 Å². The highest BCUT2D eigenvalue weighted by Crippen LogP contribution is 2.27. The summed E-state index contributed by atoms with van der Waals surface area (Å²) in [4.78, 5) is 27.4. The fourth-order valence-electron chi connectivity index (χ4n) is 3.63. The number of likely N-dealkylation sites (tertiary alicyclic amines) is 1. The van der Waals surface area contributed by atoms with Crippen LogP contribution in [0.25, 0.3) is 0 Å². The Labute approximate surface area is 166 Å². The van der Waals surface area contributed by atoms with E-state index in [0.717, 1.165) is 24.9 Å². The summed E-state index contributed by atoms with van der Waals surface area (Å²) in [5.74, 6) is -0.474. The molecule has 2 aliphatic rings. The second kappa shape index (κ2) is 9.68. The van der Waals surface area contributed by atoms with Crippen molar-refractivity contribution in [2.75, 3.05) is 31.3 Å². The Morgan fingerprint density at radius 3 is 2.71 bits per heavy atom. The second-order valence-electron chi connectivity index (χ2n) is 7.09. The molecule has 0 aliphatic carbocycles. The first-order valence-electron chi connectivity index (χ1n) is 10.1. The molecule has 2 heterocycles. The molecule has 152 valence electrons. The van der Waals surface area contributed by atoms with E-state index in [-0.39, 0.29) is 25.0 Å². The quantitative estimate of drug-likeness (QED) is 0.673. The number of anilines is 1. The van der Waals surface area contributed by atoms with E-state index in [1.54, 1.807) is 11.9 Å². The highest BCUT2D eigenvalue weighted by molar-refractivity contribution is 6.38. The SMILES string of the molecule is CCCOC1CCCN(C(=O)C2CC(C(=O)OCC)=NN2c2ccccc2)C1. The molecule has 1 aromatic rings. The van der Waals surface area contributed by atoms with Gasteiger partial charge in [0.15, 0.2) is 0 Å². The van der Waals surface area contributed by atoms with Gasteiger partial charge in [0.25, 0.3) is 0 Å². The minimum absolute atomic E-state index is 0.0169. The number of hydrogen-bond acceptors (Lipinski definition) is 6. The van der Waals surface area contributed by atoms with Gasteiger partial charge >= 0.3 is 5.97 Å². The van der Waals surface area contributed by atoms with E-state index >= 15 is 0 Å². The molecule has 0 bridgehead atoms. The smallest absolute Gasteiger partial charge is 0.354 e. The van der Waals surface area contributed by atoms with Crippen molar-refractivity contribution in [3.63, 3.8) is 0 Å². The lowest BCUT2D eigenvalue weighted by atomic mass is 10.0. The molecule has 2 atom stereocenters. The van der Waals surface area contributed by atoms with Gasteiger partial charge < -0.3 is 14.4 Å². The third-order valence-electron chi connectivity index (χ3n) is 4.97. The number of esters is 1. The highest BCUT2D eigenvalue weighted by atomic mass is 16.5. The molecule has 2 unspecified atom stereocenters. The van der Waals surface area contributed by atoms with Crippen LogP contribution in [0.5, 0.6) is 0 Å². The van der Waals surface area contributed by atoms with Gasteiger partial charge in [-0.05, 0) is 38.3 Å². The molecule has 1 amide bonds. The lowest BCUT2D eigenvalue weighted by Gasteiger charge is -2.35. The Kier molecular flexibility index (Phi) is 7.03. The number of carbonyl (C=O) groups is 2.